The Balaban J connectivity index is 1.79. The van der Waals surface area contributed by atoms with Crippen molar-refractivity contribution in [3.05, 3.63) is 60.2 Å². The van der Waals surface area contributed by atoms with Crippen LogP contribution in [-0.2, 0) is 21.2 Å². The average Bonchev–Trinajstić information content (AvgIpc) is 2.55. The van der Waals surface area contributed by atoms with Crippen LogP contribution in [0.3, 0.4) is 0 Å². The molecule has 2 N–H and O–H groups in total. The third kappa shape index (κ3) is 5.92. The van der Waals surface area contributed by atoms with Crippen LogP contribution in [0.4, 0.5) is 5.69 Å². The summed E-state index contributed by atoms with van der Waals surface area (Å²) in [5, 5.41) is 2.61. The van der Waals surface area contributed by atoms with E-state index in [1.54, 1.807) is 55.6 Å². The lowest BCUT2D eigenvalue weighted by Gasteiger charge is -2.09. The van der Waals surface area contributed by atoms with Crippen molar-refractivity contribution in [3.8, 4) is 5.75 Å². The number of rotatable bonds is 8. The summed E-state index contributed by atoms with van der Waals surface area (Å²) in [6, 6.07) is 15.8. The van der Waals surface area contributed by atoms with E-state index in [-0.39, 0.29) is 24.6 Å². The summed E-state index contributed by atoms with van der Waals surface area (Å²) in [6.07, 6.45) is 0.170. The van der Waals surface area contributed by atoms with E-state index in [2.05, 4.69) is 10.0 Å². The zero-order valence-electron chi connectivity index (χ0n) is 13.4. The topological polar surface area (TPSA) is 84.5 Å². The number of anilines is 1. The van der Waals surface area contributed by atoms with Crippen LogP contribution in [0.15, 0.2) is 54.6 Å². The van der Waals surface area contributed by atoms with Gasteiger partial charge in [0, 0.05) is 12.2 Å². The van der Waals surface area contributed by atoms with E-state index < -0.39 is 10.0 Å². The molecule has 0 aliphatic carbocycles. The molecule has 0 radical (unpaired) electrons. The van der Waals surface area contributed by atoms with Crippen LogP contribution in [-0.4, -0.2) is 33.7 Å². The highest BCUT2D eigenvalue weighted by Crippen LogP contribution is 2.12. The molecular weight excluding hydrogens is 328 g/mol. The Bertz CT molecular complexity index is 776. The van der Waals surface area contributed by atoms with Crippen molar-refractivity contribution in [1.29, 1.82) is 0 Å². The number of carbonyl (C=O) groups is 1. The number of benzene rings is 2. The number of sulfonamides is 1. The van der Waals surface area contributed by atoms with Crippen LogP contribution in [0, 0.1) is 0 Å². The Morgan fingerprint density at radius 3 is 2.54 bits per heavy atom. The lowest BCUT2D eigenvalue weighted by atomic mass is 10.1. The largest absolute Gasteiger partial charge is 0.497 e. The quantitative estimate of drug-likeness (QED) is 0.762. The number of amides is 1. The van der Waals surface area contributed by atoms with E-state index in [1.165, 1.54) is 0 Å². The highest BCUT2D eigenvalue weighted by atomic mass is 32.2. The summed E-state index contributed by atoms with van der Waals surface area (Å²) in [6.45, 7) is 0.0466. The smallest absolute Gasteiger partial charge is 0.234 e. The van der Waals surface area contributed by atoms with Gasteiger partial charge >= 0.3 is 0 Å². The Kier molecular flexibility index (Phi) is 6.20. The third-order valence-electron chi connectivity index (χ3n) is 3.24. The molecule has 0 saturated carbocycles. The minimum absolute atomic E-state index is 0.0466. The summed E-state index contributed by atoms with van der Waals surface area (Å²) in [4.78, 5) is 11.9. The molecule has 6 nitrogen and oxygen atoms in total. The zero-order chi connectivity index (χ0) is 17.4. The molecule has 7 heteroatoms. The van der Waals surface area contributed by atoms with Gasteiger partial charge in [-0.05, 0) is 29.8 Å². The second kappa shape index (κ2) is 8.35. The second-order valence-corrected chi connectivity index (χ2v) is 7.01. The third-order valence-corrected chi connectivity index (χ3v) is 4.53. The molecule has 2 aromatic rings. The Morgan fingerprint density at radius 2 is 1.83 bits per heavy atom. The molecule has 0 aliphatic heterocycles. The van der Waals surface area contributed by atoms with E-state index in [4.69, 9.17) is 4.74 Å². The van der Waals surface area contributed by atoms with Crippen LogP contribution < -0.4 is 14.8 Å². The number of nitrogens with one attached hydrogen (secondary N) is 2. The number of carbonyl (C=O) groups excluding carboxylic acids is 1. The van der Waals surface area contributed by atoms with Gasteiger partial charge in [0.05, 0.1) is 19.3 Å². The summed E-state index contributed by atoms with van der Waals surface area (Å²) >= 11 is 0. The van der Waals surface area contributed by atoms with Crippen molar-refractivity contribution in [2.75, 3.05) is 24.1 Å². The van der Waals surface area contributed by atoms with Crippen molar-refractivity contribution in [3.63, 3.8) is 0 Å². The standard InChI is InChI=1S/C17H20N2O4S/c1-23-16-9-5-6-14(12-16)13-17(20)18-10-11-24(21,22)19-15-7-3-2-4-8-15/h2-9,12,19H,10-11,13H2,1H3,(H,18,20). The van der Waals surface area contributed by atoms with Gasteiger partial charge in [-0.3, -0.25) is 9.52 Å². The molecule has 0 unspecified atom stereocenters. The molecule has 2 aromatic carbocycles. The maximum Gasteiger partial charge on any atom is 0.234 e. The first-order chi connectivity index (χ1) is 11.5. The average molecular weight is 348 g/mol. The number of hydrogen-bond acceptors (Lipinski definition) is 4. The van der Waals surface area contributed by atoms with Crippen LogP contribution >= 0.6 is 0 Å². The molecule has 2 rings (SSSR count). The fourth-order valence-corrected chi connectivity index (χ4v) is 3.06. The SMILES string of the molecule is COc1cccc(CC(=O)NCCS(=O)(=O)Nc2ccccc2)c1. The first-order valence-electron chi connectivity index (χ1n) is 7.44. The Hall–Kier alpha value is -2.54. The van der Waals surface area contributed by atoms with Gasteiger partial charge in [-0.15, -0.1) is 0 Å². The Labute approximate surface area is 141 Å². The molecular formula is C17H20N2O4S. The van der Waals surface area contributed by atoms with E-state index in [0.717, 1.165) is 5.56 Å². The summed E-state index contributed by atoms with van der Waals surface area (Å²) in [7, 11) is -1.94. The van der Waals surface area contributed by atoms with Gasteiger partial charge in [0.15, 0.2) is 0 Å². The summed E-state index contributed by atoms with van der Waals surface area (Å²) in [5.41, 5.74) is 1.30. The number of hydrogen-bond donors (Lipinski definition) is 2. The van der Waals surface area contributed by atoms with Crippen LogP contribution in [0.25, 0.3) is 0 Å². The molecule has 128 valence electrons. The lowest BCUT2D eigenvalue weighted by Crippen LogP contribution is -2.32. The second-order valence-electron chi connectivity index (χ2n) is 5.17. The molecule has 1 amide bonds. The van der Waals surface area contributed by atoms with Crippen LogP contribution in [0.1, 0.15) is 5.56 Å². The molecule has 0 spiro atoms. The van der Waals surface area contributed by atoms with Crippen LogP contribution in [0.5, 0.6) is 5.75 Å². The van der Waals surface area contributed by atoms with Crippen molar-refractivity contribution >= 4 is 21.6 Å². The molecule has 0 atom stereocenters. The predicted molar refractivity (Wildman–Crippen MR) is 93.6 cm³/mol. The molecule has 0 heterocycles. The molecule has 24 heavy (non-hydrogen) atoms. The summed E-state index contributed by atoms with van der Waals surface area (Å²) < 4.78 is 31.4. The van der Waals surface area contributed by atoms with Crippen molar-refractivity contribution in [2.24, 2.45) is 0 Å². The van der Waals surface area contributed by atoms with E-state index >= 15 is 0 Å². The monoisotopic (exact) mass is 348 g/mol. The van der Waals surface area contributed by atoms with Gasteiger partial charge < -0.3 is 10.1 Å². The fraction of sp³-hybridized carbons (Fsp3) is 0.235. The molecule has 0 bridgehead atoms. The Morgan fingerprint density at radius 1 is 1.08 bits per heavy atom. The minimum atomic E-state index is -3.50. The van der Waals surface area contributed by atoms with E-state index in [1.807, 2.05) is 6.07 Å². The van der Waals surface area contributed by atoms with Crippen molar-refractivity contribution in [1.82, 2.24) is 5.32 Å². The van der Waals surface area contributed by atoms with Gasteiger partial charge in [0.2, 0.25) is 15.9 Å². The van der Waals surface area contributed by atoms with Gasteiger partial charge in [-0.2, -0.15) is 0 Å². The summed E-state index contributed by atoms with van der Waals surface area (Å²) in [5.74, 6) is 0.249. The predicted octanol–water partition coefficient (Wildman–Crippen LogP) is 1.80. The molecule has 0 aromatic heterocycles. The first-order valence-corrected chi connectivity index (χ1v) is 9.09. The maximum absolute atomic E-state index is 11.9. The number of para-hydroxylation sites is 1. The lowest BCUT2D eigenvalue weighted by molar-refractivity contribution is -0.120. The highest BCUT2D eigenvalue weighted by molar-refractivity contribution is 7.92. The van der Waals surface area contributed by atoms with Crippen molar-refractivity contribution in [2.45, 2.75) is 6.42 Å². The van der Waals surface area contributed by atoms with Gasteiger partial charge in [-0.1, -0.05) is 30.3 Å². The van der Waals surface area contributed by atoms with Crippen molar-refractivity contribution < 1.29 is 17.9 Å². The highest BCUT2D eigenvalue weighted by Gasteiger charge is 2.11. The van der Waals surface area contributed by atoms with Gasteiger partial charge in [-0.25, -0.2) is 8.42 Å². The van der Waals surface area contributed by atoms with E-state index in [9.17, 15) is 13.2 Å². The molecule has 0 saturated heterocycles. The first kappa shape index (κ1) is 17.8. The number of methoxy groups -OCH3 is 1. The van der Waals surface area contributed by atoms with E-state index in [0.29, 0.717) is 11.4 Å². The fourth-order valence-electron chi connectivity index (χ4n) is 2.09. The normalized spacial score (nSPS) is 10.9. The van der Waals surface area contributed by atoms with Gasteiger partial charge in [0.1, 0.15) is 5.75 Å². The molecule has 0 aliphatic rings. The molecule has 0 fully saturated rings. The maximum atomic E-state index is 11.9. The van der Waals surface area contributed by atoms with Crippen LogP contribution in [0.2, 0.25) is 0 Å². The number of ether oxygens (including phenoxy) is 1. The zero-order valence-corrected chi connectivity index (χ0v) is 14.2. The minimum Gasteiger partial charge on any atom is -0.497 e. The van der Waals surface area contributed by atoms with Gasteiger partial charge in [0.25, 0.3) is 0 Å².